The van der Waals surface area contributed by atoms with Crippen LogP contribution in [0, 0.1) is 5.92 Å². The largest absolute Gasteiger partial charge is 0.340 e. The van der Waals surface area contributed by atoms with E-state index in [-0.39, 0.29) is 0 Å². The molecule has 0 radical (unpaired) electrons. The van der Waals surface area contributed by atoms with E-state index in [9.17, 15) is 4.79 Å². The molecule has 0 saturated heterocycles. The van der Waals surface area contributed by atoms with Crippen molar-refractivity contribution in [1.82, 2.24) is 4.57 Å². The maximum Gasteiger partial charge on any atom is 0.166 e. The minimum Gasteiger partial charge on any atom is -0.340 e. The second-order valence-electron chi connectivity index (χ2n) is 4.93. The summed E-state index contributed by atoms with van der Waals surface area (Å²) in [6, 6.07) is 4.45. The van der Waals surface area contributed by atoms with Gasteiger partial charge >= 0.3 is 0 Å². The summed E-state index contributed by atoms with van der Waals surface area (Å²) in [5.74, 6) is 0.708. The summed E-state index contributed by atoms with van der Waals surface area (Å²) in [4.78, 5) is 11.0. The van der Waals surface area contributed by atoms with E-state index >= 15 is 0 Å². The predicted octanol–water partition coefficient (Wildman–Crippen LogP) is 3.86. The number of aldehydes is 1. The third-order valence-electron chi connectivity index (χ3n) is 3.16. The second-order valence-corrected chi connectivity index (χ2v) is 4.93. The smallest absolute Gasteiger partial charge is 0.166 e. The zero-order valence-corrected chi connectivity index (χ0v) is 10.9. The predicted molar refractivity (Wildman–Crippen MR) is 68.0 cm³/mol. The summed E-state index contributed by atoms with van der Waals surface area (Å²) < 4.78 is 2.19. The highest BCUT2D eigenvalue weighted by molar-refractivity contribution is 5.72. The van der Waals surface area contributed by atoms with E-state index < -0.39 is 0 Å². The highest BCUT2D eigenvalue weighted by Crippen LogP contribution is 2.20. The molecule has 0 N–H and O–H groups in total. The summed E-state index contributed by atoms with van der Waals surface area (Å²) in [5, 5.41) is 0. The number of aromatic nitrogens is 1. The molecule has 0 aliphatic rings. The van der Waals surface area contributed by atoms with Crippen LogP contribution in [-0.2, 0) is 6.42 Å². The molecule has 0 fully saturated rings. The van der Waals surface area contributed by atoms with Gasteiger partial charge in [-0.05, 0) is 44.2 Å². The first kappa shape index (κ1) is 13.0. The molecule has 16 heavy (non-hydrogen) atoms. The Kier molecular flexibility index (Phi) is 4.78. The van der Waals surface area contributed by atoms with Crippen LogP contribution < -0.4 is 0 Å². The van der Waals surface area contributed by atoms with Gasteiger partial charge in [-0.15, -0.1) is 0 Å². The molecule has 2 nitrogen and oxygen atoms in total. The molecule has 0 saturated carbocycles. The molecule has 1 aromatic rings. The molecule has 90 valence electrons. The Labute approximate surface area is 98.7 Å². The van der Waals surface area contributed by atoms with Gasteiger partial charge in [0.1, 0.15) is 0 Å². The van der Waals surface area contributed by atoms with Crippen LogP contribution in [-0.4, -0.2) is 10.9 Å². The SMILES string of the molecule is CCC(C)n1c(C=O)ccc1CCC(C)C. The van der Waals surface area contributed by atoms with Gasteiger partial charge in [0.05, 0.1) is 5.69 Å². The number of hydrogen-bond donors (Lipinski definition) is 0. The van der Waals surface area contributed by atoms with E-state index in [2.05, 4.69) is 38.3 Å². The van der Waals surface area contributed by atoms with Gasteiger partial charge in [0.2, 0.25) is 0 Å². The number of carbonyl (C=O) groups is 1. The summed E-state index contributed by atoms with van der Waals surface area (Å²) in [6.45, 7) is 8.80. The molecule has 1 atom stereocenters. The van der Waals surface area contributed by atoms with Crippen LogP contribution in [0.15, 0.2) is 12.1 Å². The summed E-state index contributed by atoms with van der Waals surface area (Å²) >= 11 is 0. The summed E-state index contributed by atoms with van der Waals surface area (Å²) in [6.07, 6.45) is 4.27. The van der Waals surface area contributed by atoms with Crippen LogP contribution >= 0.6 is 0 Å². The Hall–Kier alpha value is -1.05. The monoisotopic (exact) mass is 221 g/mol. The zero-order chi connectivity index (χ0) is 12.1. The van der Waals surface area contributed by atoms with Crippen molar-refractivity contribution in [3.05, 3.63) is 23.5 Å². The van der Waals surface area contributed by atoms with E-state index in [0.717, 1.165) is 24.8 Å². The normalized spacial score (nSPS) is 13.1. The number of carbonyl (C=O) groups excluding carboxylic acids is 1. The molecule has 2 heteroatoms. The van der Waals surface area contributed by atoms with Gasteiger partial charge in [-0.3, -0.25) is 4.79 Å². The molecule has 1 heterocycles. The van der Waals surface area contributed by atoms with Crippen molar-refractivity contribution in [2.75, 3.05) is 0 Å². The fourth-order valence-corrected chi connectivity index (χ4v) is 1.96. The fraction of sp³-hybridized carbons (Fsp3) is 0.643. The van der Waals surface area contributed by atoms with E-state index in [1.54, 1.807) is 0 Å². The first-order valence-electron chi connectivity index (χ1n) is 6.25. The fourth-order valence-electron chi connectivity index (χ4n) is 1.96. The molecule has 1 unspecified atom stereocenters. The van der Waals surface area contributed by atoms with Gasteiger partial charge in [-0.25, -0.2) is 0 Å². The van der Waals surface area contributed by atoms with Gasteiger partial charge in [0.15, 0.2) is 6.29 Å². The molecule has 0 aliphatic heterocycles. The first-order valence-corrected chi connectivity index (χ1v) is 6.25. The van der Waals surface area contributed by atoms with Crippen LogP contribution in [0.4, 0.5) is 0 Å². The summed E-state index contributed by atoms with van der Waals surface area (Å²) in [7, 11) is 0. The topological polar surface area (TPSA) is 22.0 Å². The Morgan fingerprint density at radius 3 is 2.50 bits per heavy atom. The van der Waals surface area contributed by atoms with Crippen LogP contribution in [0.25, 0.3) is 0 Å². The van der Waals surface area contributed by atoms with E-state index in [1.165, 1.54) is 12.1 Å². The van der Waals surface area contributed by atoms with E-state index in [4.69, 9.17) is 0 Å². The summed E-state index contributed by atoms with van der Waals surface area (Å²) in [5.41, 5.74) is 2.11. The van der Waals surface area contributed by atoms with Gasteiger partial charge in [0.25, 0.3) is 0 Å². The Morgan fingerprint density at radius 1 is 1.31 bits per heavy atom. The molecule has 0 amide bonds. The molecule has 1 rings (SSSR count). The Bertz CT molecular complexity index is 339. The molecule has 0 spiro atoms. The zero-order valence-electron chi connectivity index (χ0n) is 10.9. The first-order chi connectivity index (χ1) is 7.60. The number of rotatable bonds is 6. The van der Waals surface area contributed by atoms with Gasteiger partial charge in [-0.1, -0.05) is 20.8 Å². The molecule has 0 aliphatic carbocycles. The number of hydrogen-bond acceptors (Lipinski definition) is 1. The molecule has 0 bridgehead atoms. The lowest BCUT2D eigenvalue weighted by atomic mass is 10.1. The Morgan fingerprint density at radius 2 is 2.00 bits per heavy atom. The second kappa shape index (κ2) is 5.88. The highest BCUT2D eigenvalue weighted by Gasteiger charge is 2.12. The van der Waals surface area contributed by atoms with Gasteiger partial charge < -0.3 is 4.57 Å². The van der Waals surface area contributed by atoms with Gasteiger partial charge in [-0.2, -0.15) is 0 Å². The minimum atomic E-state index is 0.414. The molecule has 0 aromatic carbocycles. The van der Waals surface area contributed by atoms with Crippen molar-refractivity contribution >= 4 is 6.29 Å². The van der Waals surface area contributed by atoms with Crippen molar-refractivity contribution in [2.24, 2.45) is 5.92 Å². The van der Waals surface area contributed by atoms with Crippen LogP contribution in [0.1, 0.15) is 62.8 Å². The molecule has 1 aromatic heterocycles. The maximum atomic E-state index is 11.0. The van der Waals surface area contributed by atoms with Crippen LogP contribution in [0.3, 0.4) is 0 Å². The van der Waals surface area contributed by atoms with Crippen molar-refractivity contribution in [3.8, 4) is 0 Å². The Balaban J connectivity index is 2.90. The van der Waals surface area contributed by atoms with Crippen LogP contribution in [0.5, 0.6) is 0 Å². The van der Waals surface area contributed by atoms with Gasteiger partial charge in [0, 0.05) is 11.7 Å². The number of nitrogens with zero attached hydrogens (tertiary/aromatic N) is 1. The quantitative estimate of drug-likeness (QED) is 0.668. The van der Waals surface area contributed by atoms with Crippen molar-refractivity contribution < 1.29 is 4.79 Å². The van der Waals surface area contributed by atoms with E-state index in [0.29, 0.717) is 12.0 Å². The highest BCUT2D eigenvalue weighted by atomic mass is 16.1. The number of aryl methyl sites for hydroxylation is 1. The van der Waals surface area contributed by atoms with Crippen molar-refractivity contribution in [1.29, 1.82) is 0 Å². The average Bonchev–Trinajstić information content (AvgIpc) is 2.68. The lowest BCUT2D eigenvalue weighted by Gasteiger charge is -2.18. The van der Waals surface area contributed by atoms with Crippen molar-refractivity contribution in [3.63, 3.8) is 0 Å². The van der Waals surface area contributed by atoms with Crippen molar-refractivity contribution in [2.45, 2.75) is 53.0 Å². The van der Waals surface area contributed by atoms with E-state index in [1.807, 2.05) is 6.07 Å². The maximum absolute atomic E-state index is 11.0. The molecular formula is C14H23NO. The molecular weight excluding hydrogens is 198 g/mol. The third-order valence-corrected chi connectivity index (χ3v) is 3.16. The third kappa shape index (κ3) is 2.97. The standard InChI is InChI=1S/C14H23NO/c1-5-12(4)15-13(7-6-11(2)3)8-9-14(15)10-16/h8-12H,5-7H2,1-4H3. The minimum absolute atomic E-state index is 0.414. The lowest BCUT2D eigenvalue weighted by molar-refractivity contribution is 0.111. The van der Waals surface area contributed by atoms with Crippen LogP contribution in [0.2, 0.25) is 0 Å². The average molecular weight is 221 g/mol. The lowest BCUT2D eigenvalue weighted by Crippen LogP contribution is -2.11.